The molecule has 0 N–H and O–H groups in total. The zero-order chi connectivity index (χ0) is 15.2. The number of hydrogen-bond acceptors (Lipinski definition) is 4. The molecule has 2 aromatic rings. The van der Waals surface area contributed by atoms with Gasteiger partial charge >= 0.3 is 0 Å². The van der Waals surface area contributed by atoms with Crippen LogP contribution in [0, 0.1) is 6.92 Å². The normalized spacial score (nSPS) is 21.7. The van der Waals surface area contributed by atoms with Crippen LogP contribution in [0.1, 0.15) is 17.2 Å². The lowest BCUT2D eigenvalue weighted by Gasteiger charge is -2.30. The third-order valence-corrected chi connectivity index (χ3v) is 4.25. The molecular formula is C18H20O3S. The molecule has 3 nitrogen and oxygen atoms in total. The van der Waals surface area contributed by atoms with Gasteiger partial charge in [0.05, 0.1) is 19.8 Å². The smallest absolute Gasteiger partial charge is 0.106 e. The summed E-state index contributed by atoms with van der Waals surface area (Å²) < 4.78 is 17.4. The van der Waals surface area contributed by atoms with Gasteiger partial charge in [-0.25, -0.2) is 0 Å². The van der Waals surface area contributed by atoms with Crippen molar-refractivity contribution in [2.24, 2.45) is 0 Å². The molecule has 0 aromatic heterocycles. The molecule has 1 aliphatic heterocycles. The lowest BCUT2D eigenvalue weighted by molar-refractivity contribution is -0.148. The predicted molar refractivity (Wildman–Crippen MR) is 87.9 cm³/mol. The van der Waals surface area contributed by atoms with Gasteiger partial charge in [-0.2, -0.15) is 0 Å². The van der Waals surface area contributed by atoms with Gasteiger partial charge in [0.2, 0.25) is 0 Å². The zero-order valence-corrected chi connectivity index (χ0v) is 13.4. The molecule has 0 aliphatic carbocycles. The minimum Gasteiger partial charge on any atom is -0.376 e. The Morgan fingerprint density at radius 3 is 2.59 bits per heavy atom. The maximum Gasteiger partial charge on any atom is 0.106 e. The highest BCUT2D eigenvalue weighted by Crippen LogP contribution is 2.25. The molecule has 1 saturated heterocycles. The van der Waals surface area contributed by atoms with Crippen molar-refractivity contribution in [2.45, 2.75) is 24.0 Å². The summed E-state index contributed by atoms with van der Waals surface area (Å²) in [5.41, 5.74) is 2.40. The van der Waals surface area contributed by atoms with Crippen molar-refractivity contribution >= 4 is 12.0 Å². The van der Waals surface area contributed by atoms with Gasteiger partial charge in [-0.1, -0.05) is 48.0 Å². The Morgan fingerprint density at radius 1 is 1.05 bits per heavy atom. The number of rotatable bonds is 5. The first-order chi connectivity index (χ1) is 10.8. The molecule has 1 aliphatic rings. The molecule has 2 unspecified atom stereocenters. The van der Waals surface area contributed by atoms with Crippen molar-refractivity contribution in [3.63, 3.8) is 0 Å². The van der Waals surface area contributed by atoms with E-state index in [1.807, 2.05) is 18.2 Å². The van der Waals surface area contributed by atoms with E-state index in [-0.39, 0.29) is 12.2 Å². The van der Waals surface area contributed by atoms with Gasteiger partial charge < -0.3 is 13.7 Å². The monoisotopic (exact) mass is 316 g/mol. The molecule has 3 rings (SSSR count). The third-order valence-electron chi connectivity index (χ3n) is 3.53. The number of aryl methyl sites for hydroxylation is 1. The van der Waals surface area contributed by atoms with Gasteiger partial charge in [0.1, 0.15) is 12.2 Å². The Balaban J connectivity index is 1.47. The van der Waals surface area contributed by atoms with Gasteiger partial charge in [-0.05, 0) is 24.6 Å². The van der Waals surface area contributed by atoms with Crippen molar-refractivity contribution in [2.75, 3.05) is 19.8 Å². The zero-order valence-electron chi connectivity index (χ0n) is 12.6. The lowest BCUT2D eigenvalue weighted by atomic mass is 10.1. The largest absolute Gasteiger partial charge is 0.376 e. The van der Waals surface area contributed by atoms with Crippen molar-refractivity contribution < 1.29 is 13.7 Å². The summed E-state index contributed by atoms with van der Waals surface area (Å²) in [5, 5.41) is 0. The molecule has 0 spiro atoms. The molecule has 1 fully saturated rings. The predicted octanol–water partition coefficient (Wildman–Crippen LogP) is 4.18. The second-order valence-corrected chi connectivity index (χ2v) is 6.25. The van der Waals surface area contributed by atoms with E-state index in [1.54, 1.807) is 0 Å². The second kappa shape index (κ2) is 7.79. The topological polar surface area (TPSA) is 27.7 Å². The number of benzene rings is 2. The maximum atomic E-state index is 6.07. The fourth-order valence-corrected chi connectivity index (χ4v) is 2.92. The Hall–Kier alpha value is -1.33. The van der Waals surface area contributed by atoms with Crippen molar-refractivity contribution in [1.82, 2.24) is 0 Å². The van der Waals surface area contributed by atoms with Crippen LogP contribution in [0.4, 0.5) is 0 Å². The third kappa shape index (κ3) is 4.34. The van der Waals surface area contributed by atoms with Gasteiger partial charge in [-0.15, -0.1) is 0 Å². The summed E-state index contributed by atoms with van der Waals surface area (Å²) in [6.07, 6.45) is -0.0372. The minimum absolute atomic E-state index is 0.00655. The molecule has 22 heavy (non-hydrogen) atoms. The molecule has 0 amide bonds. The first-order valence-corrected chi connectivity index (χ1v) is 8.20. The summed E-state index contributed by atoms with van der Waals surface area (Å²) in [6, 6.07) is 18.5. The first kappa shape index (κ1) is 15.6. The Bertz CT molecular complexity index is 571. The van der Waals surface area contributed by atoms with Crippen LogP contribution in [0.5, 0.6) is 0 Å². The second-order valence-electron chi connectivity index (χ2n) is 5.38. The van der Waals surface area contributed by atoms with Crippen molar-refractivity contribution in [3.8, 4) is 0 Å². The number of hydrogen-bond donors (Lipinski definition) is 0. The van der Waals surface area contributed by atoms with E-state index in [9.17, 15) is 0 Å². The molecule has 2 aromatic carbocycles. The van der Waals surface area contributed by atoms with Gasteiger partial charge in [0.25, 0.3) is 0 Å². The van der Waals surface area contributed by atoms with E-state index < -0.39 is 0 Å². The fourth-order valence-electron chi connectivity index (χ4n) is 2.32. The molecule has 116 valence electrons. The van der Waals surface area contributed by atoms with Crippen LogP contribution in [-0.4, -0.2) is 25.9 Å². The van der Waals surface area contributed by atoms with Crippen LogP contribution in [-0.2, 0) is 13.7 Å². The van der Waals surface area contributed by atoms with E-state index in [2.05, 4.69) is 43.3 Å². The molecular weight excluding hydrogens is 296 g/mol. The van der Waals surface area contributed by atoms with Crippen LogP contribution < -0.4 is 0 Å². The standard InChI is InChI=1S/C18H20O3S/c1-14-7-9-17(10-8-14)22-20-12-16-11-19-13-18(21-16)15-5-3-2-4-6-15/h2-10,16,18H,11-13H2,1H3. The Labute approximate surface area is 135 Å². The van der Waals surface area contributed by atoms with Gasteiger partial charge in [0, 0.05) is 16.9 Å². The highest BCUT2D eigenvalue weighted by Gasteiger charge is 2.24. The first-order valence-electron chi connectivity index (χ1n) is 7.45. The maximum absolute atomic E-state index is 6.07. The van der Waals surface area contributed by atoms with Crippen LogP contribution in [0.3, 0.4) is 0 Å². The summed E-state index contributed by atoms with van der Waals surface area (Å²) >= 11 is 1.38. The van der Waals surface area contributed by atoms with Crippen LogP contribution in [0.2, 0.25) is 0 Å². The minimum atomic E-state index is -0.0306. The van der Waals surface area contributed by atoms with E-state index in [1.165, 1.54) is 17.6 Å². The molecule has 4 heteroatoms. The summed E-state index contributed by atoms with van der Waals surface area (Å²) in [7, 11) is 0. The lowest BCUT2D eigenvalue weighted by Crippen LogP contribution is -2.34. The SMILES string of the molecule is Cc1ccc(SOCC2COCC(c3ccccc3)O2)cc1. The van der Waals surface area contributed by atoms with Crippen LogP contribution in [0.25, 0.3) is 0 Å². The van der Waals surface area contributed by atoms with E-state index >= 15 is 0 Å². The van der Waals surface area contributed by atoms with Crippen LogP contribution >= 0.6 is 12.0 Å². The number of ether oxygens (including phenoxy) is 2. The summed E-state index contributed by atoms with van der Waals surface area (Å²) in [5.74, 6) is 0. The van der Waals surface area contributed by atoms with Crippen molar-refractivity contribution in [1.29, 1.82) is 0 Å². The van der Waals surface area contributed by atoms with E-state index in [4.69, 9.17) is 13.7 Å². The molecule has 1 heterocycles. The highest BCUT2D eigenvalue weighted by molar-refractivity contribution is 7.94. The van der Waals surface area contributed by atoms with E-state index in [0.717, 1.165) is 10.5 Å². The molecule has 2 atom stereocenters. The Kier molecular flexibility index (Phi) is 5.51. The highest BCUT2D eigenvalue weighted by atomic mass is 32.2. The average molecular weight is 316 g/mol. The molecule has 0 bridgehead atoms. The van der Waals surface area contributed by atoms with Crippen molar-refractivity contribution in [3.05, 3.63) is 65.7 Å². The van der Waals surface area contributed by atoms with Crippen LogP contribution in [0.15, 0.2) is 59.5 Å². The average Bonchev–Trinajstić information content (AvgIpc) is 2.58. The van der Waals surface area contributed by atoms with Gasteiger partial charge in [-0.3, -0.25) is 0 Å². The summed E-state index contributed by atoms with van der Waals surface area (Å²) in [4.78, 5) is 1.10. The fraction of sp³-hybridized carbons (Fsp3) is 0.333. The van der Waals surface area contributed by atoms with Gasteiger partial charge in [0.15, 0.2) is 0 Å². The molecule has 0 radical (unpaired) electrons. The molecule has 0 saturated carbocycles. The van der Waals surface area contributed by atoms with E-state index in [0.29, 0.717) is 19.8 Å². The Morgan fingerprint density at radius 2 is 1.82 bits per heavy atom. The quantitative estimate of drug-likeness (QED) is 0.774. The summed E-state index contributed by atoms with van der Waals surface area (Å²) in [6.45, 7) is 3.78.